The van der Waals surface area contributed by atoms with Crippen LogP contribution in [0.25, 0.3) is 0 Å². The van der Waals surface area contributed by atoms with Gasteiger partial charge < -0.3 is 11.1 Å². The van der Waals surface area contributed by atoms with Crippen LogP contribution in [0, 0.1) is 17.1 Å². The lowest BCUT2D eigenvalue weighted by Gasteiger charge is -2.26. The number of rotatable bonds is 4. The van der Waals surface area contributed by atoms with Crippen LogP contribution in [0.4, 0.5) is 10.1 Å². The number of nitrogens with zero attached hydrogens (tertiary/aromatic N) is 1. The van der Waals surface area contributed by atoms with Crippen LogP contribution in [0.1, 0.15) is 25.8 Å². The second kappa shape index (κ2) is 4.83. The first-order valence-corrected chi connectivity index (χ1v) is 5.10. The van der Waals surface area contributed by atoms with Crippen molar-refractivity contribution < 1.29 is 9.18 Å². The van der Waals surface area contributed by atoms with Crippen LogP contribution in [0.5, 0.6) is 0 Å². The molecule has 0 aliphatic carbocycles. The van der Waals surface area contributed by atoms with Crippen LogP contribution in [0.3, 0.4) is 0 Å². The molecule has 5 heteroatoms. The van der Waals surface area contributed by atoms with E-state index in [1.54, 1.807) is 13.8 Å². The maximum absolute atomic E-state index is 12.9. The average Bonchev–Trinajstić information content (AvgIpc) is 2.18. The van der Waals surface area contributed by atoms with Gasteiger partial charge in [-0.1, -0.05) is 0 Å². The van der Waals surface area contributed by atoms with Crippen molar-refractivity contribution >= 4 is 11.6 Å². The summed E-state index contributed by atoms with van der Waals surface area (Å²) >= 11 is 0. The van der Waals surface area contributed by atoms with Gasteiger partial charge in [-0.15, -0.1) is 0 Å². The Kier molecular flexibility index (Phi) is 3.69. The summed E-state index contributed by atoms with van der Waals surface area (Å²) in [6.45, 7) is 3.56. The molecule has 0 aliphatic heterocycles. The Hall–Kier alpha value is -2.09. The summed E-state index contributed by atoms with van der Waals surface area (Å²) in [5.74, 6) is -0.914. The summed E-state index contributed by atoms with van der Waals surface area (Å²) in [7, 11) is 0. The zero-order chi connectivity index (χ0) is 13.1. The van der Waals surface area contributed by atoms with Crippen molar-refractivity contribution in [3.8, 4) is 6.07 Å². The first-order chi connectivity index (χ1) is 7.84. The van der Waals surface area contributed by atoms with Crippen molar-refractivity contribution in [2.75, 3.05) is 5.32 Å². The molecule has 0 aliphatic rings. The van der Waals surface area contributed by atoms with E-state index in [1.807, 2.05) is 6.07 Å². The average molecular weight is 235 g/mol. The van der Waals surface area contributed by atoms with Crippen LogP contribution in [0.2, 0.25) is 0 Å². The minimum absolute atomic E-state index is 0.120. The molecule has 0 heterocycles. The Balaban J connectivity index is 2.95. The van der Waals surface area contributed by atoms with E-state index < -0.39 is 17.3 Å². The summed E-state index contributed by atoms with van der Waals surface area (Å²) < 4.78 is 12.9. The molecule has 0 spiro atoms. The Bertz CT molecular complexity index is 477. The molecule has 0 saturated heterocycles. The van der Waals surface area contributed by atoms with E-state index in [-0.39, 0.29) is 12.0 Å². The Labute approximate surface area is 99.2 Å². The summed E-state index contributed by atoms with van der Waals surface area (Å²) in [6, 6.07) is 5.76. The third-order valence-corrected chi connectivity index (χ3v) is 2.19. The lowest BCUT2D eigenvalue weighted by Crippen LogP contribution is -2.36. The number of hydrogen-bond acceptors (Lipinski definition) is 3. The van der Waals surface area contributed by atoms with Crippen molar-refractivity contribution in [2.24, 2.45) is 5.73 Å². The van der Waals surface area contributed by atoms with Crippen molar-refractivity contribution in [1.29, 1.82) is 5.26 Å². The number of carbonyl (C=O) groups excluding carboxylic acids is 1. The molecule has 4 nitrogen and oxygen atoms in total. The van der Waals surface area contributed by atoms with Gasteiger partial charge in [-0.3, -0.25) is 4.79 Å². The van der Waals surface area contributed by atoms with Gasteiger partial charge in [0.15, 0.2) is 0 Å². The number of nitriles is 1. The van der Waals surface area contributed by atoms with E-state index in [9.17, 15) is 9.18 Å². The van der Waals surface area contributed by atoms with Crippen LogP contribution in [-0.4, -0.2) is 11.4 Å². The fraction of sp³-hybridized carbons (Fsp3) is 0.333. The largest absolute Gasteiger partial charge is 0.379 e. The van der Waals surface area contributed by atoms with Crippen LogP contribution >= 0.6 is 0 Å². The quantitative estimate of drug-likeness (QED) is 0.834. The molecule has 3 N–H and O–H groups in total. The van der Waals surface area contributed by atoms with Gasteiger partial charge in [-0.25, -0.2) is 4.39 Å². The minimum Gasteiger partial charge on any atom is -0.379 e. The smallest absolute Gasteiger partial charge is 0.219 e. The van der Waals surface area contributed by atoms with E-state index in [4.69, 9.17) is 11.0 Å². The first-order valence-electron chi connectivity index (χ1n) is 5.10. The van der Waals surface area contributed by atoms with E-state index in [1.165, 1.54) is 12.1 Å². The molecule has 1 aromatic rings. The zero-order valence-electron chi connectivity index (χ0n) is 9.75. The van der Waals surface area contributed by atoms with Crippen LogP contribution in [0.15, 0.2) is 18.2 Å². The molecule has 0 aromatic heterocycles. The molecule has 1 aromatic carbocycles. The lowest BCUT2D eigenvalue weighted by molar-refractivity contribution is -0.118. The fourth-order valence-corrected chi connectivity index (χ4v) is 1.56. The molecule has 0 fully saturated rings. The van der Waals surface area contributed by atoms with Gasteiger partial charge in [0.05, 0.1) is 11.3 Å². The molecule has 1 amide bonds. The Morgan fingerprint density at radius 3 is 2.76 bits per heavy atom. The molecule has 0 atom stereocenters. The van der Waals surface area contributed by atoms with Gasteiger partial charge in [0, 0.05) is 12.0 Å². The van der Waals surface area contributed by atoms with E-state index >= 15 is 0 Å². The number of hydrogen-bond donors (Lipinski definition) is 2. The molecule has 0 bridgehead atoms. The SMILES string of the molecule is CC(C)(CC(N)=O)Nc1ccc(F)cc1C#N. The Morgan fingerprint density at radius 2 is 2.24 bits per heavy atom. The van der Waals surface area contributed by atoms with Gasteiger partial charge >= 0.3 is 0 Å². The number of benzene rings is 1. The molecule has 1 rings (SSSR count). The van der Waals surface area contributed by atoms with Crippen molar-refractivity contribution in [3.05, 3.63) is 29.6 Å². The molecular weight excluding hydrogens is 221 g/mol. The highest BCUT2D eigenvalue weighted by Crippen LogP contribution is 2.22. The number of carbonyl (C=O) groups is 1. The summed E-state index contributed by atoms with van der Waals surface area (Å²) in [5.41, 5.74) is 5.22. The number of halogens is 1. The highest BCUT2D eigenvalue weighted by atomic mass is 19.1. The maximum atomic E-state index is 12.9. The molecule has 17 heavy (non-hydrogen) atoms. The maximum Gasteiger partial charge on any atom is 0.219 e. The predicted molar refractivity (Wildman–Crippen MR) is 62.6 cm³/mol. The van der Waals surface area contributed by atoms with Gasteiger partial charge in [-0.05, 0) is 32.0 Å². The normalized spacial score (nSPS) is 10.7. The molecule has 0 unspecified atom stereocenters. The van der Waals surface area contributed by atoms with Gasteiger partial charge in [0.1, 0.15) is 11.9 Å². The second-order valence-corrected chi connectivity index (χ2v) is 4.45. The van der Waals surface area contributed by atoms with E-state index in [0.29, 0.717) is 5.69 Å². The highest BCUT2D eigenvalue weighted by molar-refractivity contribution is 5.76. The van der Waals surface area contributed by atoms with E-state index in [2.05, 4.69) is 5.32 Å². The number of nitrogens with one attached hydrogen (secondary N) is 1. The number of amides is 1. The zero-order valence-corrected chi connectivity index (χ0v) is 9.75. The molecule has 0 radical (unpaired) electrons. The monoisotopic (exact) mass is 235 g/mol. The summed E-state index contributed by atoms with van der Waals surface area (Å²) in [5, 5.41) is 11.9. The highest BCUT2D eigenvalue weighted by Gasteiger charge is 2.21. The third kappa shape index (κ3) is 3.76. The van der Waals surface area contributed by atoms with Crippen molar-refractivity contribution in [2.45, 2.75) is 25.8 Å². The standard InChI is InChI=1S/C12H14FN3O/c1-12(2,6-11(15)17)16-10-4-3-9(13)5-8(10)7-14/h3-5,16H,6H2,1-2H3,(H2,15,17). The third-order valence-electron chi connectivity index (χ3n) is 2.19. The molecule has 90 valence electrons. The summed E-state index contributed by atoms with van der Waals surface area (Å²) in [6.07, 6.45) is 0.120. The van der Waals surface area contributed by atoms with Crippen LogP contribution < -0.4 is 11.1 Å². The predicted octanol–water partition coefficient (Wildman–Crippen LogP) is 1.76. The van der Waals surface area contributed by atoms with Gasteiger partial charge in [0.2, 0.25) is 5.91 Å². The number of anilines is 1. The lowest BCUT2D eigenvalue weighted by atomic mass is 9.99. The van der Waals surface area contributed by atoms with Gasteiger partial charge in [0.25, 0.3) is 0 Å². The minimum atomic E-state index is -0.588. The topological polar surface area (TPSA) is 78.9 Å². The van der Waals surface area contributed by atoms with Crippen molar-refractivity contribution in [3.63, 3.8) is 0 Å². The molecular formula is C12H14FN3O. The summed E-state index contributed by atoms with van der Waals surface area (Å²) in [4.78, 5) is 10.9. The van der Waals surface area contributed by atoms with E-state index in [0.717, 1.165) is 6.07 Å². The second-order valence-electron chi connectivity index (χ2n) is 4.45. The fourth-order valence-electron chi connectivity index (χ4n) is 1.56. The number of nitrogens with two attached hydrogens (primary N) is 1. The molecule has 0 saturated carbocycles. The van der Waals surface area contributed by atoms with Crippen molar-refractivity contribution in [1.82, 2.24) is 0 Å². The number of primary amides is 1. The van der Waals surface area contributed by atoms with Gasteiger partial charge in [-0.2, -0.15) is 5.26 Å². The Morgan fingerprint density at radius 1 is 1.59 bits per heavy atom. The van der Waals surface area contributed by atoms with Crippen LogP contribution in [-0.2, 0) is 4.79 Å². The first kappa shape index (κ1) is 13.0.